The van der Waals surface area contributed by atoms with Gasteiger partial charge in [-0.25, -0.2) is 0 Å². The van der Waals surface area contributed by atoms with Gasteiger partial charge in [0.15, 0.2) is 0 Å². The minimum atomic E-state index is -0.328. The zero-order chi connectivity index (χ0) is 11.3. The molecule has 0 radical (unpaired) electrons. The first-order valence-electron chi connectivity index (χ1n) is 4.71. The smallest absolute Gasteiger partial charge is 0.647 e. The van der Waals surface area contributed by atoms with Crippen molar-refractivity contribution in [1.82, 2.24) is 0 Å². The number of Topliss-reactive ketones (excluding diaryl/α,β-unsaturated/α-hetero) is 1. The SMILES string of the molecule is CC(=O)CC(=O)[N-]C(C)C(C)=C(C)C.[Rb+]. The van der Waals surface area contributed by atoms with E-state index in [0.29, 0.717) is 0 Å². The summed E-state index contributed by atoms with van der Waals surface area (Å²) in [5.41, 5.74) is 2.25. The van der Waals surface area contributed by atoms with Gasteiger partial charge in [-0.3, -0.25) is 4.79 Å². The van der Waals surface area contributed by atoms with Gasteiger partial charge in [0.05, 0.1) is 5.91 Å². The maximum atomic E-state index is 11.2. The summed E-state index contributed by atoms with van der Waals surface area (Å²) in [6.45, 7) is 9.17. The Balaban J connectivity index is 0. The molecule has 0 saturated heterocycles. The number of ketones is 1. The van der Waals surface area contributed by atoms with Gasteiger partial charge in [0, 0.05) is 6.42 Å². The normalized spacial score (nSPS) is 11.0. The van der Waals surface area contributed by atoms with E-state index in [4.69, 9.17) is 0 Å². The van der Waals surface area contributed by atoms with Crippen molar-refractivity contribution in [3.05, 3.63) is 16.5 Å². The molecular formula is C11H18NO2Rb. The molecule has 0 saturated carbocycles. The number of rotatable bonds is 4. The quantitative estimate of drug-likeness (QED) is 0.521. The fourth-order valence-electron chi connectivity index (χ4n) is 0.989. The van der Waals surface area contributed by atoms with Crippen LogP contribution in [0, 0.1) is 0 Å². The molecule has 0 fully saturated rings. The fourth-order valence-corrected chi connectivity index (χ4v) is 0.989. The molecule has 0 aliphatic heterocycles. The van der Waals surface area contributed by atoms with Crippen LogP contribution in [0.25, 0.3) is 5.32 Å². The van der Waals surface area contributed by atoms with Gasteiger partial charge in [-0.15, -0.1) is 0 Å². The van der Waals surface area contributed by atoms with Crippen LogP contribution >= 0.6 is 0 Å². The van der Waals surface area contributed by atoms with E-state index in [0.717, 1.165) is 11.1 Å². The molecule has 0 aromatic rings. The third kappa shape index (κ3) is 8.49. The monoisotopic (exact) mass is 281 g/mol. The third-order valence-electron chi connectivity index (χ3n) is 2.15. The van der Waals surface area contributed by atoms with E-state index in [1.165, 1.54) is 6.92 Å². The summed E-state index contributed by atoms with van der Waals surface area (Å²) in [4.78, 5) is 21.8. The van der Waals surface area contributed by atoms with E-state index >= 15 is 0 Å². The zero-order valence-corrected chi connectivity index (χ0v) is 15.5. The molecule has 4 heteroatoms. The standard InChI is InChI=1S/C11H19NO2.Rb/c1-7(2)9(4)10(5)12-11(14)6-8(3)13;/h10H,6H2,1-5H3,(H,12,14);/q;+1/p-1. The Labute approximate surface area is 141 Å². The first-order valence-corrected chi connectivity index (χ1v) is 4.71. The van der Waals surface area contributed by atoms with Crippen LogP contribution in [-0.4, -0.2) is 17.7 Å². The predicted molar refractivity (Wildman–Crippen MR) is 57.2 cm³/mol. The van der Waals surface area contributed by atoms with Gasteiger partial charge in [-0.1, -0.05) is 24.1 Å². The van der Waals surface area contributed by atoms with Crippen molar-refractivity contribution in [3.8, 4) is 0 Å². The number of carbonyl (C=O) groups is 2. The van der Waals surface area contributed by atoms with Crippen LogP contribution in [0.3, 0.4) is 0 Å². The van der Waals surface area contributed by atoms with Gasteiger partial charge in [0.2, 0.25) is 0 Å². The molecule has 0 aliphatic carbocycles. The third-order valence-corrected chi connectivity index (χ3v) is 2.15. The Hall–Kier alpha value is 0.685. The first-order chi connectivity index (χ1) is 6.34. The molecule has 1 atom stereocenters. The number of hydrogen-bond donors (Lipinski definition) is 0. The van der Waals surface area contributed by atoms with E-state index in [1.807, 2.05) is 27.7 Å². The van der Waals surface area contributed by atoms with Crippen molar-refractivity contribution in [2.75, 3.05) is 0 Å². The van der Waals surface area contributed by atoms with Crippen molar-refractivity contribution in [3.63, 3.8) is 0 Å². The van der Waals surface area contributed by atoms with Crippen molar-refractivity contribution in [2.24, 2.45) is 0 Å². The number of allylic oxidation sites excluding steroid dienone is 1. The molecule has 80 valence electrons. The van der Waals surface area contributed by atoms with Crippen LogP contribution in [-0.2, 0) is 9.59 Å². The Morgan fingerprint density at radius 3 is 1.93 bits per heavy atom. The van der Waals surface area contributed by atoms with Crippen LogP contribution in [0.2, 0.25) is 0 Å². The second kappa shape index (κ2) is 8.79. The van der Waals surface area contributed by atoms with Gasteiger partial charge in [0.1, 0.15) is 5.78 Å². The maximum absolute atomic E-state index is 11.2. The molecule has 1 unspecified atom stereocenters. The van der Waals surface area contributed by atoms with E-state index in [-0.39, 0.29) is 82.3 Å². The van der Waals surface area contributed by atoms with Gasteiger partial charge in [-0.05, 0) is 27.7 Å². The second-order valence-corrected chi connectivity index (χ2v) is 3.76. The molecule has 0 bridgehead atoms. The number of carbonyl (C=O) groups excluding carboxylic acids is 2. The molecule has 0 N–H and O–H groups in total. The molecule has 0 aliphatic rings. The minimum Gasteiger partial charge on any atom is -0.647 e. The first kappa shape index (κ1) is 18.1. The van der Waals surface area contributed by atoms with Crippen molar-refractivity contribution in [2.45, 2.75) is 47.1 Å². The van der Waals surface area contributed by atoms with Crippen LogP contribution < -0.4 is 58.2 Å². The fraction of sp³-hybridized carbons (Fsp3) is 0.636. The van der Waals surface area contributed by atoms with E-state index in [2.05, 4.69) is 5.32 Å². The Morgan fingerprint density at radius 1 is 1.13 bits per heavy atom. The Kier molecular flexibility index (Phi) is 10.6. The Morgan fingerprint density at radius 2 is 1.60 bits per heavy atom. The summed E-state index contributed by atoms with van der Waals surface area (Å²) in [5, 5.41) is 3.92. The summed E-state index contributed by atoms with van der Waals surface area (Å²) in [6.07, 6.45) is -0.0830. The van der Waals surface area contributed by atoms with Crippen molar-refractivity contribution >= 4 is 11.7 Å². The van der Waals surface area contributed by atoms with Gasteiger partial charge in [-0.2, -0.15) is 0 Å². The van der Waals surface area contributed by atoms with Crippen LogP contribution in [0.15, 0.2) is 11.1 Å². The molecule has 0 spiro atoms. The van der Waals surface area contributed by atoms with Gasteiger partial charge < -0.3 is 10.1 Å². The molecule has 0 aromatic carbocycles. The number of hydrogen-bond acceptors (Lipinski definition) is 2. The van der Waals surface area contributed by atoms with Gasteiger partial charge in [0.25, 0.3) is 0 Å². The molecule has 3 nitrogen and oxygen atoms in total. The maximum Gasteiger partial charge on any atom is 1.00 e. The summed E-state index contributed by atoms with van der Waals surface area (Å²) in [7, 11) is 0. The molecule has 0 rings (SSSR count). The molecule has 0 aromatic heterocycles. The van der Waals surface area contributed by atoms with Crippen LogP contribution in [0.5, 0.6) is 0 Å². The molecule has 15 heavy (non-hydrogen) atoms. The van der Waals surface area contributed by atoms with Crippen molar-refractivity contribution in [1.29, 1.82) is 0 Å². The largest absolute Gasteiger partial charge is 1.00 e. The molecule has 0 heterocycles. The average Bonchev–Trinajstić information content (AvgIpc) is 2.00. The van der Waals surface area contributed by atoms with E-state index in [1.54, 1.807) is 0 Å². The summed E-state index contributed by atoms with van der Waals surface area (Å²) in [5.74, 6) is -0.466. The van der Waals surface area contributed by atoms with E-state index < -0.39 is 0 Å². The molecular weight excluding hydrogens is 264 g/mol. The van der Waals surface area contributed by atoms with Crippen molar-refractivity contribution < 1.29 is 67.8 Å². The van der Waals surface area contributed by atoms with Crippen LogP contribution in [0.4, 0.5) is 0 Å². The average molecular weight is 282 g/mol. The zero-order valence-electron chi connectivity index (χ0n) is 10.5. The second-order valence-electron chi connectivity index (χ2n) is 3.76. The molecule has 1 amide bonds. The summed E-state index contributed by atoms with van der Waals surface area (Å²) in [6, 6.07) is -0.119. The summed E-state index contributed by atoms with van der Waals surface area (Å²) >= 11 is 0. The van der Waals surface area contributed by atoms with Gasteiger partial charge >= 0.3 is 58.2 Å². The minimum absolute atomic E-state index is 0. The van der Waals surface area contributed by atoms with Crippen LogP contribution in [0.1, 0.15) is 41.0 Å². The van der Waals surface area contributed by atoms with E-state index in [9.17, 15) is 9.59 Å². The topological polar surface area (TPSA) is 48.2 Å². The Bertz CT molecular complexity index is 268. The number of nitrogens with zero attached hydrogens (tertiary/aromatic N) is 1. The summed E-state index contributed by atoms with van der Waals surface area (Å²) < 4.78 is 0. The number of amides is 1. The predicted octanol–water partition coefficient (Wildman–Crippen LogP) is -0.385.